The maximum absolute atomic E-state index is 12.6. The largest absolute Gasteiger partial charge is 0.478 e. The van der Waals surface area contributed by atoms with Gasteiger partial charge in [-0.3, -0.25) is 9.69 Å². The zero-order chi connectivity index (χ0) is 18.0. The zero-order valence-electron chi connectivity index (χ0n) is 12.9. The molecule has 1 amide bonds. The van der Waals surface area contributed by atoms with Crippen molar-refractivity contribution in [3.05, 3.63) is 75.9 Å². The van der Waals surface area contributed by atoms with Crippen LogP contribution >= 0.6 is 23.8 Å². The van der Waals surface area contributed by atoms with Crippen LogP contribution in [0.5, 0.6) is 0 Å². The molecule has 3 rings (SSSR count). The minimum absolute atomic E-state index is 0.184. The molecule has 0 radical (unpaired) electrons. The van der Waals surface area contributed by atoms with E-state index in [1.807, 2.05) is 18.2 Å². The van der Waals surface area contributed by atoms with Gasteiger partial charge in [0.1, 0.15) is 5.70 Å². The van der Waals surface area contributed by atoms with Crippen LogP contribution in [-0.2, 0) is 11.3 Å². The number of thiocarbonyl (C=S) groups is 1. The van der Waals surface area contributed by atoms with Crippen molar-refractivity contribution >= 4 is 46.9 Å². The zero-order valence-corrected chi connectivity index (χ0v) is 14.5. The summed E-state index contributed by atoms with van der Waals surface area (Å²) < 4.78 is 0. The Hall–Kier alpha value is -2.70. The van der Waals surface area contributed by atoms with Crippen LogP contribution in [0.25, 0.3) is 6.08 Å². The number of hydrogen-bond donors (Lipinski definition) is 2. The van der Waals surface area contributed by atoms with E-state index in [1.165, 1.54) is 17.0 Å². The summed E-state index contributed by atoms with van der Waals surface area (Å²) in [6.07, 6.45) is 1.63. The highest BCUT2D eigenvalue weighted by molar-refractivity contribution is 7.80. The van der Waals surface area contributed by atoms with Gasteiger partial charge < -0.3 is 10.4 Å². The van der Waals surface area contributed by atoms with E-state index in [-0.39, 0.29) is 18.0 Å². The second-order valence-electron chi connectivity index (χ2n) is 5.40. The third-order valence-corrected chi connectivity index (χ3v) is 4.41. The summed E-state index contributed by atoms with van der Waals surface area (Å²) in [6, 6.07) is 13.5. The van der Waals surface area contributed by atoms with Gasteiger partial charge >= 0.3 is 5.97 Å². The Morgan fingerprint density at radius 2 is 1.88 bits per heavy atom. The predicted octanol–water partition coefficient (Wildman–Crippen LogP) is 3.30. The molecule has 25 heavy (non-hydrogen) atoms. The second kappa shape index (κ2) is 7.04. The van der Waals surface area contributed by atoms with Gasteiger partial charge in [0.05, 0.1) is 12.1 Å². The van der Waals surface area contributed by atoms with E-state index >= 15 is 0 Å². The van der Waals surface area contributed by atoms with Crippen LogP contribution in [0.15, 0.2) is 54.2 Å². The van der Waals surface area contributed by atoms with Crippen molar-refractivity contribution in [2.45, 2.75) is 6.54 Å². The third-order valence-electron chi connectivity index (χ3n) is 3.72. The van der Waals surface area contributed by atoms with Crippen LogP contribution in [0.3, 0.4) is 0 Å². The van der Waals surface area contributed by atoms with Gasteiger partial charge in [-0.05, 0) is 47.6 Å². The van der Waals surface area contributed by atoms with E-state index < -0.39 is 5.97 Å². The third kappa shape index (κ3) is 3.70. The lowest BCUT2D eigenvalue weighted by Crippen LogP contribution is -2.30. The Kier molecular flexibility index (Phi) is 4.83. The van der Waals surface area contributed by atoms with Crippen molar-refractivity contribution in [2.24, 2.45) is 0 Å². The Morgan fingerprint density at radius 1 is 1.20 bits per heavy atom. The monoisotopic (exact) mass is 372 g/mol. The molecule has 0 aliphatic carbocycles. The highest BCUT2D eigenvalue weighted by Crippen LogP contribution is 2.21. The molecular weight excluding hydrogens is 360 g/mol. The number of carboxylic acid groups (broad SMARTS) is 1. The topological polar surface area (TPSA) is 69.6 Å². The summed E-state index contributed by atoms with van der Waals surface area (Å²) in [7, 11) is 0. The molecule has 126 valence electrons. The van der Waals surface area contributed by atoms with E-state index in [0.29, 0.717) is 21.4 Å². The lowest BCUT2D eigenvalue weighted by molar-refractivity contribution is -0.122. The lowest BCUT2D eigenvalue weighted by atomic mass is 10.1. The van der Waals surface area contributed by atoms with Crippen LogP contribution < -0.4 is 5.32 Å². The smallest absolute Gasteiger partial charge is 0.335 e. The van der Waals surface area contributed by atoms with Gasteiger partial charge in [0.25, 0.3) is 5.91 Å². The van der Waals surface area contributed by atoms with Gasteiger partial charge in [0.15, 0.2) is 5.11 Å². The van der Waals surface area contributed by atoms with Crippen LogP contribution in [0.2, 0.25) is 5.02 Å². The van der Waals surface area contributed by atoms with Crippen LogP contribution in [0.4, 0.5) is 0 Å². The fourth-order valence-corrected chi connectivity index (χ4v) is 2.85. The highest BCUT2D eigenvalue weighted by atomic mass is 35.5. The van der Waals surface area contributed by atoms with Crippen LogP contribution in [0.1, 0.15) is 21.5 Å². The van der Waals surface area contributed by atoms with E-state index in [1.54, 1.807) is 24.3 Å². The average Bonchev–Trinajstić information content (AvgIpc) is 2.85. The van der Waals surface area contributed by atoms with Crippen molar-refractivity contribution in [1.29, 1.82) is 0 Å². The molecule has 0 unspecified atom stereocenters. The van der Waals surface area contributed by atoms with Crippen molar-refractivity contribution in [2.75, 3.05) is 0 Å². The second-order valence-corrected chi connectivity index (χ2v) is 6.19. The SMILES string of the molecule is O=C(O)c1ccc(C=C2NC(=S)N(Cc3ccccc3Cl)C2=O)cc1. The summed E-state index contributed by atoms with van der Waals surface area (Å²) in [5.74, 6) is -1.26. The molecule has 1 saturated heterocycles. The normalized spacial score (nSPS) is 15.6. The predicted molar refractivity (Wildman–Crippen MR) is 99.1 cm³/mol. The van der Waals surface area contributed by atoms with Crippen molar-refractivity contribution in [1.82, 2.24) is 10.2 Å². The first-order valence-electron chi connectivity index (χ1n) is 7.37. The Bertz CT molecular complexity index is 893. The molecule has 1 aliphatic heterocycles. The number of carbonyl (C=O) groups excluding carboxylic acids is 1. The summed E-state index contributed by atoms with van der Waals surface area (Å²) in [5.41, 5.74) is 2.01. The number of benzene rings is 2. The molecule has 1 heterocycles. The van der Waals surface area contributed by atoms with Gasteiger partial charge in [-0.2, -0.15) is 0 Å². The molecule has 2 aromatic rings. The number of halogens is 1. The molecule has 0 bridgehead atoms. The van der Waals surface area contributed by atoms with E-state index in [9.17, 15) is 9.59 Å². The van der Waals surface area contributed by atoms with Crippen molar-refractivity contribution in [3.8, 4) is 0 Å². The number of nitrogens with zero attached hydrogens (tertiary/aromatic N) is 1. The van der Waals surface area contributed by atoms with Gasteiger partial charge in [-0.25, -0.2) is 4.79 Å². The Labute approximate surface area is 154 Å². The van der Waals surface area contributed by atoms with E-state index in [2.05, 4.69) is 5.32 Å². The minimum Gasteiger partial charge on any atom is -0.478 e. The van der Waals surface area contributed by atoms with Crippen molar-refractivity contribution < 1.29 is 14.7 Å². The molecule has 0 saturated carbocycles. The van der Waals surface area contributed by atoms with Crippen LogP contribution in [-0.4, -0.2) is 27.0 Å². The number of amides is 1. The van der Waals surface area contributed by atoms with E-state index in [4.69, 9.17) is 28.9 Å². The van der Waals surface area contributed by atoms with Gasteiger partial charge in [0, 0.05) is 5.02 Å². The molecule has 1 aliphatic rings. The first-order chi connectivity index (χ1) is 12.0. The maximum atomic E-state index is 12.6. The first kappa shape index (κ1) is 17.1. The fourth-order valence-electron chi connectivity index (χ4n) is 2.40. The maximum Gasteiger partial charge on any atom is 0.335 e. The average molecular weight is 373 g/mol. The molecule has 7 heteroatoms. The number of aromatic carboxylic acids is 1. The van der Waals surface area contributed by atoms with E-state index in [0.717, 1.165) is 5.56 Å². The number of rotatable bonds is 4. The van der Waals surface area contributed by atoms with Gasteiger partial charge in [0.2, 0.25) is 0 Å². The molecule has 5 nitrogen and oxygen atoms in total. The first-order valence-corrected chi connectivity index (χ1v) is 8.15. The number of carbonyl (C=O) groups is 2. The standard InChI is InChI=1S/C18H13ClN2O3S/c19-14-4-2-1-3-13(14)10-21-16(22)15(20-18(21)25)9-11-5-7-12(8-6-11)17(23)24/h1-9H,10H2,(H,20,25)(H,23,24). The number of carboxylic acids is 1. The lowest BCUT2D eigenvalue weighted by Gasteiger charge is -2.14. The Morgan fingerprint density at radius 3 is 2.52 bits per heavy atom. The summed E-state index contributed by atoms with van der Waals surface area (Å²) >= 11 is 11.4. The molecule has 0 aromatic heterocycles. The fraction of sp³-hybridized carbons (Fsp3) is 0.0556. The molecule has 2 N–H and O–H groups in total. The minimum atomic E-state index is -0.999. The number of nitrogens with one attached hydrogen (secondary N) is 1. The summed E-state index contributed by atoms with van der Waals surface area (Å²) in [4.78, 5) is 24.9. The van der Waals surface area contributed by atoms with Crippen molar-refractivity contribution in [3.63, 3.8) is 0 Å². The van der Waals surface area contributed by atoms with Gasteiger partial charge in [-0.15, -0.1) is 0 Å². The molecule has 0 atom stereocenters. The molecular formula is C18H13ClN2O3S. The quantitative estimate of drug-likeness (QED) is 0.636. The summed E-state index contributed by atoms with van der Waals surface area (Å²) in [5, 5.41) is 12.7. The summed E-state index contributed by atoms with van der Waals surface area (Å²) in [6.45, 7) is 0.277. The van der Waals surface area contributed by atoms with Crippen LogP contribution in [0, 0.1) is 0 Å². The molecule has 2 aromatic carbocycles. The molecule has 1 fully saturated rings. The van der Waals surface area contributed by atoms with Gasteiger partial charge in [-0.1, -0.05) is 41.9 Å². The number of hydrogen-bond acceptors (Lipinski definition) is 3. The Balaban J connectivity index is 1.81. The highest BCUT2D eigenvalue weighted by Gasteiger charge is 2.30. The molecule has 0 spiro atoms.